The molecule has 1 N–H and O–H groups in total. The van der Waals surface area contributed by atoms with E-state index in [1.54, 1.807) is 25.1 Å². The number of hydrogen-bond acceptors (Lipinski definition) is 4. The molecule has 1 aliphatic heterocycles. The van der Waals surface area contributed by atoms with Crippen molar-refractivity contribution in [3.8, 4) is 0 Å². The van der Waals surface area contributed by atoms with E-state index >= 15 is 0 Å². The zero-order chi connectivity index (χ0) is 18.0. The Labute approximate surface area is 147 Å². The highest BCUT2D eigenvalue weighted by Crippen LogP contribution is 2.32. The van der Waals surface area contributed by atoms with Crippen molar-refractivity contribution in [1.82, 2.24) is 4.90 Å². The van der Waals surface area contributed by atoms with Crippen molar-refractivity contribution in [2.45, 2.75) is 6.92 Å². The summed E-state index contributed by atoms with van der Waals surface area (Å²) in [6, 6.07) is 10.2. The van der Waals surface area contributed by atoms with Crippen molar-refractivity contribution in [2.75, 3.05) is 12.0 Å². The summed E-state index contributed by atoms with van der Waals surface area (Å²) in [7, 11) is 0. The standard InChI is InChI=1S/C18H14F2N2O2S/c1-11-6-7-13(19)9-15(11)21-10-22-17(23)16(25-18(22)24)8-12-4-2-3-5-14(12)20/h2-9,21H,10H2,1H3. The fourth-order valence-corrected chi connectivity index (χ4v) is 3.15. The van der Waals surface area contributed by atoms with Gasteiger partial charge in [-0.25, -0.2) is 8.78 Å². The van der Waals surface area contributed by atoms with E-state index in [9.17, 15) is 18.4 Å². The molecule has 1 saturated heterocycles. The average Bonchev–Trinajstić information content (AvgIpc) is 2.84. The molecule has 0 spiro atoms. The molecule has 7 heteroatoms. The van der Waals surface area contributed by atoms with Gasteiger partial charge < -0.3 is 5.32 Å². The molecule has 3 rings (SSSR count). The number of rotatable bonds is 4. The lowest BCUT2D eigenvalue weighted by atomic mass is 10.2. The van der Waals surface area contributed by atoms with Crippen LogP contribution < -0.4 is 5.32 Å². The van der Waals surface area contributed by atoms with E-state index in [4.69, 9.17) is 0 Å². The average molecular weight is 360 g/mol. The summed E-state index contributed by atoms with van der Waals surface area (Å²) in [6.45, 7) is 1.69. The fourth-order valence-electron chi connectivity index (χ4n) is 2.32. The van der Waals surface area contributed by atoms with Gasteiger partial charge in [0.25, 0.3) is 11.1 Å². The second-order valence-electron chi connectivity index (χ2n) is 5.43. The summed E-state index contributed by atoms with van der Waals surface area (Å²) in [6.07, 6.45) is 1.35. The maximum Gasteiger partial charge on any atom is 0.295 e. The topological polar surface area (TPSA) is 49.4 Å². The molecule has 1 fully saturated rings. The minimum absolute atomic E-state index is 0.0937. The molecule has 1 aliphatic rings. The monoisotopic (exact) mass is 360 g/mol. The predicted molar refractivity (Wildman–Crippen MR) is 93.8 cm³/mol. The van der Waals surface area contributed by atoms with Crippen molar-refractivity contribution in [3.63, 3.8) is 0 Å². The predicted octanol–water partition coefficient (Wildman–Crippen LogP) is 4.38. The number of hydrogen-bond donors (Lipinski definition) is 1. The molecule has 0 bridgehead atoms. The Balaban J connectivity index is 1.76. The van der Waals surface area contributed by atoms with Crippen molar-refractivity contribution >= 4 is 34.7 Å². The molecule has 25 heavy (non-hydrogen) atoms. The van der Waals surface area contributed by atoms with Gasteiger partial charge in [0.1, 0.15) is 11.6 Å². The molecule has 0 radical (unpaired) electrons. The minimum atomic E-state index is -0.514. The maximum absolute atomic E-state index is 13.7. The van der Waals surface area contributed by atoms with Gasteiger partial charge in [-0.2, -0.15) is 0 Å². The SMILES string of the molecule is Cc1ccc(F)cc1NCN1C(=O)SC(=Cc2ccccc2F)C1=O. The zero-order valence-electron chi connectivity index (χ0n) is 13.3. The number of nitrogens with one attached hydrogen (secondary N) is 1. The van der Waals surface area contributed by atoms with Gasteiger partial charge in [0.15, 0.2) is 0 Å². The van der Waals surface area contributed by atoms with Crippen LogP contribution in [0.5, 0.6) is 0 Å². The van der Waals surface area contributed by atoms with Crippen LogP contribution in [0.3, 0.4) is 0 Å². The van der Waals surface area contributed by atoms with Crippen molar-refractivity contribution in [2.24, 2.45) is 0 Å². The summed E-state index contributed by atoms with van der Waals surface area (Å²) in [5.74, 6) is -1.40. The van der Waals surface area contributed by atoms with Gasteiger partial charge in [-0.1, -0.05) is 24.3 Å². The van der Waals surface area contributed by atoms with Crippen LogP contribution in [0.1, 0.15) is 11.1 Å². The first-order chi connectivity index (χ1) is 12.0. The van der Waals surface area contributed by atoms with Crippen LogP contribution in [0.15, 0.2) is 47.4 Å². The number of amides is 2. The number of thioether (sulfide) groups is 1. The molecule has 0 atom stereocenters. The summed E-state index contributed by atoms with van der Waals surface area (Å²) in [4.78, 5) is 25.6. The molecule has 0 unspecified atom stereocenters. The molecular formula is C18H14F2N2O2S. The quantitative estimate of drug-likeness (QED) is 0.822. The van der Waals surface area contributed by atoms with Crippen LogP contribution in [-0.4, -0.2) is 22.7 Å². The third kappa shape index (κ3) is 3.71. The van der Waals surface area contributed by atoms with E-state index < -0.39 is 22.8 Å². The van der Waals surface area contributed by atoms with Crippen molar-refractivity contribution in [3.05, 3.63) is 70.1 Å². The van der Waals surface area contributed by atoms with Crippen molar-refractivity contribution in [1.29, 1.82) is 0 Å². The number of imide groups is 1. The van der Waals surface area contributed by atoms with Crippen LogP contribution in [0, 0.1) is 18.6 Å². The lowest BCUT2D eigenvalue weighted by Crippen LogP contribution is -2.33. The van der Waals surface area contributed by atoms with Gasteiger partial charge in [-0.15, -0.1) is 0 Å². The van der Waals surface area contributed by atoms with Crippen LogP contribution in [-0.2, 0) is 4.79 Å². The summed E-state index contributed by atoms with van der Waals surface area (Å²) in [5, 5.41) is 2.42. The minimum Gasteiger partial charge on any atom is -0.367 e. The Morgan fingerprint density at radius 2 is 1.92 bits per heavy atom. The largest absolute Gasteiger partial charge is 0.367 e. The van der Waals surface area contributed by atoms with E-state index in [-0.39, 0.29) is 17.1 Å². The van der Waals surface area contributed by atoms with Gasteiger partial charge in [0.2, 0.25) is 0 Å². The third-order valence-electron chi connectivity index (χ3n) is 3.69. The highest BCUT2D eigenvalue weighted by Gasteiger charge is 2.35. The zero-order valence-corrected chi connectivity index (χ0v) is 14.1. The Hall–Kier alpha value is -2.67. The number of aryl methyl sites for hydroxylation is 1. The Morgan fingerprint density at radius 3 is 2.68 bits per heavy atom. The highest BCUT2D eigenvalue weighted by molar-refractivity contribution is 8.18. The van der Waals surface area contributed by atoms with Crippen molar-refractivity contribution < 1.29 is 18.4 Å². The molecule has 0 saturated carbocycles. The summed E-state index contributed by atoms with van der Waals surface area (Å²) < 4.78 is 27.0. The Kier molecular flexibility index (Phi) is 4.85. The highest BCUT2D eigenvalue weighted by atomic mass is 32.2. The third-order valence-corrected chi connectivity index (χ3v) is 4.60. The number of anilines is 1. The smallest absolute Gasteiger partial charge is 0.295 e. The molecule has 128 valence electrons. The molecule has 2 aromatic carbocycles. The van der Waals surface area contributed by atoms with Gasteiger partial charge in [-0.05, 0) is 48.5 Å². The molecule has 0 aromatic heterocycles. The molecule has 0 aliphatic carbocycles. The first-order valence-corrected chi connectivity index (χ1v) is 8.27. The molecular weight excluding hydrogens is 346 g/mol. The number of nitrogens with zero attached hydrogens (tertiary/aromatic N) is 1. The molecule has 4 nitrogen and oxygen atoms in total. The van der Waals surface area contributed by atoms with E-state index in [0.717, 1.165) is 22.2 Å². The fraction of sp³-hybridized carbons (Fsp3) is 0.111. The van der Waals surface area contributed by atoms with Crippen LogP contribution in [0.2, 0.25) is 0 Å². The van der Waals surface area contributed by atoms with Gasteiger partial charge >= 0.3 is 0 Å². The van der Waals surface area contributed by atoms with Gasteiger partial charge in [0.05, 0.1) is 11.6 Å². The normalized spacial score (nSPS) is 16.0. The van der Waals surface area contributed by atoms with Gasteiger partial charge in [0, 0.05) is 11.3 Å². The van der Waals surface area contributed by atoms with Crippen LogP contribution >= 0.6 is 11.8 Å². The number of benzene rings is 2. The number of carbonyl (C=O) groups is 2. The Bertz CT molecular complexity index is 883. The summed E-state index contributed by atoms with van der Waals surface area (Å²) in [5.41, 5.74) is 1.52. The first-order valence-electron chi connectivity index (χ1n) is 7.45. The first kappa shape index (κ1) is 17.2. The van der Waals surface area contributed by atoms with Crippen LogP contribution in [0.4, 0.5) is 19.3 Å². The van der Waals surface area contributed by atoms with E-state index in [1.807, 2.05) is 0 Å². The second kappa shape index (κ2) is 7.06. The number of carbonyl (C=O) groups excluding carboxylic acids is 2. The Morgan fingerprint density at radius 1 is 1.16 bits per heavy atom. The maximum atomic E-state index is 13.7. The summed E-state index contributed by atoms with van der Waals surface area (Å²) >= 11 is 0.746. The lowest BCUT2D eigenvalue weighted by Gasteiger charge is -2.16. The van der Waals surface area contributed by atoms with E-state index in [0.29, 0.717) is 5.69 Å². The molecule has 2 aromatic rings. The van der Waals surface area contributed by atoms with E-state index in [2.05, 4.69) is 5.32 Å². The lowest BCUT2D eigenvalue weighted by molar-refractivity contribution is -0.122. The van der Waals surface area contributed by atoms with Crippen LogP contribution in [0.25, 0.3) is 6.08 Å². The van der Waals surface area contributed by atoms with E-state index in [1.165, 1.54) is 30.3 Å². The number of halogens is 2. The molecule has 1 heterocycles. The molecule has 2 amide bonds. The second-order valence-corrected chi connectivity index (χ2v) is 6.42. The van der Waals surface area contributed by atoms with Gasteiger partial charge in [-0.3, -0.25) is 14.5 Å².